The van der Waals surface area contributed by atoms with Crippen molar-refractivity contribution in [3.05, 3.63) is 65.7 Å². The summed E-state index contributed by atoms with van der Waals surface area (Å²) in [5.74, 6) is 0.525. The second-order valence-corrected chi connectivity index (χ2v) is 6.39. The lowest BCUT2D eigenvalue weighted by molar-refractivity contribution is -0.113. The maximum atomic E-state index is 12.0. The minimum absolute atomic E-state index is 0.111. The van der Waals surface area contributed by atoms with Crippen molar-refractivity contribution in [2.75, 3.05) is 16.5 Å². The van der Waals surface area contributed by atoms with Crippen LogP contribution in [0.2, 0.25) is 0 Å². The van der Waals surface area contributed by atoms with Gasteiger partial charge in [0.25, 0.3) is 0 Å². The number of nitrogens with zero attached hydrogens (tertiary/aromatic N) is 3. The number of amides is 1. The van der Waals surface area contributed by atoms with Crippen molar-refractivity contribution < 1.29 is 4.79 Å². The van der Waals surface area contributed by atoms with E-state index in [0.29, 0.717) is 11.1 Å². The van der Waals surface area contributed by atoms with Gasteiger partial charge < -0.3 is 5.32 Å². The Morgan fingerprint density at radius 2 is 1.96 bits per heavy atom. The van der Waals surface area contributed by atoms with Crippen molar-refractivity contribution in [2.24, 2.45) is 5.10 Å². The number of rotatable bonds is 7. The van der Waals surface area contributed by atoms with E-state index in [1.807, 2.05) is 61.5 Å². The van der Waals surface area contributed by atoms with Gasteiger partial charge in [0.05, 0.1) is 12.0 Å². The lowest BCUT2D eigenvalue weighted by Crippen LogP contribution is -2.14. The molecular weight excluding hydrogens is 348 g/mol. The van der Waals surface area contributed by atoms with E-state index >= 15 is 0 Å². The number of H-pyrrole nitrogens is 1. The summed E-state index contributed by atoms with van der Waals surface area (Å²) in [5.41, 5.74) is 5.67. The molecule has 2 aromatic carbocycles. The van der Waals surface area contributed by atoms with Crippen LogP contribution in [0, 0.1) is 6.92 Å². The summed E-state index contributed by atoms with van der Waals surface area (Å²) < 4.78 is 0. The second kappa shape index (κ2) is 8.82. The fourth-order valence-corrected chi connectivity index (χ4v) is 2.63. The van der Waals surface area contributed by atoms with Crippen molar-refractivity contribution in [2.45, 2.75) is 12.1 Å². The number of benzene rings is 2. The molecule has 1 amide bonds. The van der Waals surface area contributed by atoms with E-state index in [9.17, 15) is 4.79 Å². The fourth-order valence-electron chi connectivity index (χ4n) is 2.03. The van der Waals surface area contributed by atoms with Gasteiger partial charge in [0.1, 0.15) is 0 Å². The predicted molar refractivity (Wildman–Crippen MR) is 105 cm³/mol. The first-order valence-corrected chi connectivity index (χ1v) is 8.93. The van der Waals surface area contributed by atoms with Crippen LogP contribution in [0.5, 0.6) is 0 Å². The number of nitrogens with one attached hydrogen (secondary N) is 3. The van der Waals surface area contributed by atoms with Gasteiger partial charge in [-0.1, -0.05) is 59.8 Å². The Hall–Kier alpha value is -3.13. The van der Waals surface area contributed by atoms with E-state index in [1.165, 1.54) is 11.8 Å². The van der Waals surface area contributed by atoms with E-state index in [2.05, 4.69) is 31.0 Å². The van der Waals surface area contributed by atoms with Crippen molar-refractivity contribution >= 4 is 35.5 Å². The zero-order chi connectivity index (χ0) is 18.2. The van der Waals surface area contributed by atoms with Crippen LogP contribution in [0.4, 0.5) is 11.6 Å². The van der Waals surface area contributed by atoms with Gasteiger partial charge in [0, 0.05) is 5.69 Å². The highest BCUT2D eigenvalue weighted by molar-refractivity contribution is 7.99. The quantitative estimate of drug-likeness (QED) is 0.339. The van der Waals surface area contributed by atoms with Gasteiger partial charge >= 0.3 is 0 Å². The van der Waals surface area contributed by atoms with Gasteiger partial charge in [-0.05, 0) is 24.6 Å². The van der Waals surface area contributed by atoms with Gasteiger partial charge in [0.15, 0.2) is 0 Å². The summed E-state index contributed by atoms with van der Waals surface area (Å²) in [7, 11) is 0. The van der Waals surface area contributed by atoms with Gasteiger partial charge in [0.2, 0.25) is 17.0 Å². The molecule has 8 heteroatoms. The van der Waals surface area contributed by atoms with Crippen LogP contribution in [-0.2, 0) is 4.79 Å². The lowest BCUT2D eigenvalue weighted by atomic mass is 10.2. The number of thioether (sulfide) groups is 1. The van der Waals surface area contributed by atoms with Crippen LogP contribution < -0.4 is 10.7 Å². The van der Waals surface area contributed by atoms with E-state index in [1.54, 1.807) is 6.21 Å². The van der Waals surface area contributed by atoms with Gasteiger partial charge in [-0.2, -0.15) is 10.1 Å². The van der Waals surface area contributed by atoms with E-state index < -0.39 is 0 Å². The van der Waals surface area contributed by atoms with Crippen molar-refractivity contribution in [1.29, 1.82) is 0 Å². The number of hydrazone groups is 1. The average Bonchev–Trinajstić information content (AvgIpc) is 3.11. The first kappa shape index (κ1) is 17.7. The van der Waals surface area contributed by atoms with E-state index in [-0.39, 0.29) is 11.7 Å². The number of carbonyl (C=O) groups excluding carboxylic acids is 1. The molecule has 0 spiro atoms. The zero-order valence-electron chi connectivity index (χ0n) is 14.1. The minimum atomic E-state index is -0.111. The Morgan fingerprint density at radius 3 is 2.73 bits per heavy atom. The summed E-state index contributed by atoms with van der Waals surface area (Å²) in [4.78, 5) is 16.2. The third-order valence-electron chi connectivity index (χ3n) is 3.32. The van der Waals surface area contributed by atoms with Crippen LogP contribution in [0.15, 0.2) is 64.9 Å². The van der Waals surface area contributed by atoms with Crippen LogP contribution in [0.1, 0.15) is 11.1 Å². The monoisotopic (exact) mass is 366 g/mol. The smallest absolute Gasteiger partial charge is 0.240 e. The van der Waals surface area contributed by atoms with Crippen molar-refractivity contribution in [3.63, 3.8) is 0 Å². The number of hydrogen-bond donors (Lipinski definition) is 3. The molecule has 0 saturated carbocycles. The number of hydrogen-bond acceptors (Lipinski definition) is 6. The molecule has 0 unspecified atom stereocenters. The summed E-state index contributed by atoms with van der Waals surface area (Å²) in [6.07, 6.45) is 1.68. The highest BCUT2D eigenvalue weighted by Gasteiger charge is 2.07. The molecule has 0 saturated heterocycles. The number of aromatic amines is 1. The minimum Gasteiger partial charge on any atom is -0.325 e. The Kier molecular flexibility index (Phi) is 6.00. The van der Waals surface area contributed by atoms with Crippen LogP contribution in [0.25, 0.3) is 0 Å². The van der Waals surface area contributed by atoms with Crippen LogP contribution >= 0.6 is 11.8 Å². The molecule has 7 nitrogen and oxygen atoms in total. The predicted octanol–water partition coefficient (Wildman–Crippen LogP) is 3.29. The SMILES string of the molecule is Cc1ccc(NC(=O)CSc2n[nH]c(N/N=C\c3ccccc3)n2)cc1. The molecule has 0 aliphatic heterocycles. The van der Waals surface area contributed by atoms with Gasteiger partial charge in [-0.3, -0.25) is 4.79 Å². The van der Waals surface area contributed by atoms with E-state index in [0.717, 1.165) is 16.8 Å². The topological polar surface area (TPSA) is 95.1 Å². The molecule has 132 valence electrons. The zero-order valence-corrected chi connectivity index (χ0v) is 15.0. The molecule has 0 aliphatic carbocycles. The van der Waals surface area contributed by atoms with Crippen LogP contribution in [0.3, 0.4) is 0 Å². The summed E-state index contributed by atoms with van der Waals surface area (Å²) in [5, 5.41) is 14.2. The second-order valence-electron chi connectivity index (χ2n) is 5.45. The summed E-state index contributed by atoms with van der Waals surface area (Å²) in [6, 6.07) is 17.4. The Morgan fingerprint density at radius 1 is 1.19 bits per heavy atom. The van der Waals surface area contributed by atoms with Crippen molar-refractivity contribution in [1.82, 2.24) is 15.2 Å². The summed E-state index contributed by atoms with van der Waals surface area (Å²) >= 11 is 1.24. The highest BCUT2D eigenvalue weighted by Crippen LogP contribution is 2.15. The molecule has 0 radical (unpaired) electrons. The molecule has 0 aliphatic rings. The van der Waals surface area contributed by atoms with Crippen molar-refractivity contribution in [3.8, 4) is 0 Å². The maximum absolute atomic E-state index is 12.0. The van der Waals surface area contributed by atoms with Gasteiger partial charge in [-0.25, -0.2) is 10.5 Å². The third kappa shape index (κ3) is 5.45. The standard InChI is InChI=1S/C18H18N6OS/c1-13-7-9-15(10-8-13)20-16(25)12-26-18-21-17(23-24-18)22-19-11-14-5-3-2-4-6-14/h2-11H,12H2,1H3,(H,20,25)(H2,21,22,23,24)/b19-11-. The summed E-state index contributed by atoms with van der Waals surface area (Å²) in [6.45, 7) is 2.00. The number of aryl methyl sites for hydroxylation is 1. The molecule has 1 aromatic heterocycles. The Balaban J connectivity index is 1.45. The molecule has 0 atom stereocenters. The normalized spacial score (nSPS) is 10.8. The maximum Gasteiger partial charge on any atom is 0.240 e. The lowest BCUT2D eigenvalue weighted by Gasteiger charge is -2.04. The number of carbonyl (C=O) groups is 1. The molecule has 1 heterocycles. The first-order valence-electron chi connectivity index (χ1n) is 7.95. The molecule has 0 fully saturated rings. The highest BCUT2D eigenvalue weighted by atomic mass is 32.2. The molecule has 26 heavy (non-hydrogen) atoms. The first-order chi connectivity index (χ1) is 12.7. The molecule has 0 bridgehead atoms. The van der Waals surface area contributed by atoms with E-state index in [4.69, 9.17) is 0 Å². The average molecular weight is 366 g/mol. The van der Waals surface area contributed by atoms with Crippen LogP contribution in [-0.4, -0.2) is 33.1 Å². The molecule has 3 N–H and O–H groups in total. The largest absolute Gasteiger partial charge is 0.325 e. The molecule has 3 rings (SSSR count). The van der Waals surface area contributed by atoms with Gasteiger partial charge in [-0.15, -0.1) is 5.10 Å². The Bertz CT molecular complexity index is 876. The Labute approximate surface area is 155 Å². The fraction of sp³-hybridized carbons (Fsp3) is 0.111. The number of aromatic nitrogens is 3. The number of anilines is 2. The molecule has 3 aromatic rings. The third-order valence-corrected chi connectivity index (χ3v) is 4.16. The molecular formula is C18H18N6OS.